The van der Waals surface area contributed by atoms with E-state index in [-0.39, 0.29) is 0 Å². The van der Waals surface area contributed by atoms with Crippen LogP contribution in [0.1, 0.15) is 63.5 Å². The van der Waals surface area contributed by atoms with Crippen LogP contribution in [0.3, 0.4) is 0 Å². The van der Waals surface area contributed by atoms with Crippen LogP contribution in [0.25, 0.3) is 0 Å². The van der Waals surface area contributed by atoms with Crippen LogP contribution < -0.4 is 14.8 Å². The van der Waals surface area contributed by atoms with E-state index >= 15 is 0 Å². The van der Waals surface area contributed by atoms with Crippen molar-refractivity contribution in [2.24, 2.45) is 0 Å². The molecule has 0 amide bonds. The molecule has 1 N–H and O–H groups in total. The molecule has 28 heavy (non-hydrogen) atoms. The molecular formula is C24H34ClNO2. The molecule has 0 aliphatic heterocycles. The van der Waals surface area contributed by atoms with Crippen molar-refractivity contribution in [2.75, 3.05) is 13.2 Å². The minimum absolute atomic E-state index is 0.493. The molecule has 2 aromatic rings. The van der Waals surface area contributed by atoms with Gasteiger partial charge in [-0.05, 0) is 37.1 Å². The molecule has 0 bridgehead atoms. The fraction of sp³-hybridized carbons (Fsp3) is 0.500. The Kier molecular flexibility index (Phi) is 10.9. The molecular weight excluding hydrogens is 370 g/mol. The molecule has 0 unspecified atom stereocenters. The first-order valence-corrected chi connectivity index (χ1v) is 10.9. The molecule has 154 valence electrons. The van der Waals surface area contributed by atoms with Gasteiger partial charge >= 0.3 is 0 Å². The molecule has 0 atom stereocenters. The van der Waals surface area contributed by atoms with Gasteiger partial charge in [0.2, 0.25) is 0 Å². The predicted molar refractivity (Wildman–Crippen MR) is 118 cm³/mol. The van der Waals surface area contributed by atoms with Gasteiger partial charge in [-0.25, -0.2) is 0 Å². The van der Waals surface area contributed by atoms with E-state index < -0.39 is 0 Å². The summed E-state index contributed by atoms with van der Waals surface area (Å²) in [6.45, 7) is 7.07. The highest BCUT2D eigenvalue weighted by Crippen LogP contribution is 2.34. The highest BCUT2D eigenvalue weighted by Gasteiger charge is 2.11. The summed E-state index contributed by atoms with van der Waals surface area (Å²) in [7, 11) is 0. The quantitative estimate of drug-likeness (QED) is 0.353. The van der Waals surface area contributed by atoms with Crippen molar-refractivity contribution in [2.45, 2.75) is 65.5 Å². The molecule has 2 aromatic carbocycles. The van der Waals surface area contributed by atoms with Gasteiger partial charge in [0.1, 0.15) is 6.61 Å². The number of halogens is 1. The van der Waals surface area contributed by atoms with Crippen LogP contribution in [-0.4, -0.2) is 13.2 Å². The second kappa shape index (κ2) is 13.5. The van der Waals surface area contributed by atoms with E-state index in [9.17, 15) is 0 Å². The van der Waals surface area contributed by atoms with Gasteiger partial charge in [-0.15, -0.1) is 0 Å². The summed E-state index contributed by atoms with van der Waals surface area (Å²) < 4.78 is 11.8. The van der Waals surface area contributed by atoms with E-state index in [0.717, 1.165) is 30.0 Å². The largest absolute Gasteiger partial charge is 0.490 e. The third-order valence-electron chi connectivity index (χ3n) is 4.67. The van der Waals surface area contributed by atoms with Gasteiger partial charge in [-0.1, -0.05) is 81.0 Å². The first-order valence-electron chi connectivity index (χ1n) is 10.6. The van der Waals surface area contributed by atoms with Gasteiger partial charge in [0.15, 0.2) is 11.5 Å². The van der Waals surface area contributed by atoms with Crippen LogP contribution in [-0.2, 0) is 13.2 Å². The second-order valence-electron chi connectivity index (χ2n) is 7.04. The van der Waals surface area contributed by atoms with Crippen LogP contribution >= 0.6 is 11.6 Å². The summed E-state index contributed by atoms with van der Waals surface area (Å²) in [5, 5.41) is 4.21. The molecule has 0 heterocycles. The Labute approximate surface area is 175 Å². The number of hydrogen-bond donors (Lipinski definition) is 1. The van der Waals surface area contributed by atoms with Crippen molar-refractivity contribution in [1.29, 1.82) is 0 Å². The summed E-state index contributed by atoms with van der Waals surface area (Å²) >= 11 is 6.51. The normalized spacial score (nSPS) is 10.8. The van der Waals surface area contributed by atoms with Gasteiger partial charge in [-0.2, -0.15) is 0 Å². The third kappa shape index (κ3) is 8.12. The zero-order valence-corrected chi connectivity index (χ0v) is 18.1. The van der Waals surface area contributed by atoms with E-state index in [1.807, 2.05) is 49.4 Å². The number of rotatable bonds is 14. The molecule has 3 nitrogen and oxygen atoms in total. The van der Waals surface area contributed by atoms with Gasteiger partial charge in [0, 0.05) is 17.6 Å². The Morgan fingerprint density at radius 3 is 2.32 bits per heavy atom. The minimum Gasteiger partial charge on any atom is -0.490 e. The van der Waals surface area contributed by atoms with Crippen LogP contribution in [0.5, 0.6) is 11.5 Å². The van der Waals surface area contributed by atoms with Crippen molar-refractivity contribution >= 4 is 11.6 Å². The molecule has 0 radical (unpaired) electrons. The van der Waals surface area contributed by atoms with Crippen molar-refractivity contribution in [3.05, 3.63) is 58.6 Å². The molecule has 0 spiro atoms. The number of benzene rings is 2. The van der Waals surface area contributed by atoms with Crippen molar-refractivity contribution < 1.29 is 9.47 Å². The maximum absolute atomic E-state index is 6.51. The Hall–Kier alpha value is -1.71. The van der Waals surface area contributed by atoms with Crippen LogP contribution in [0.4, 0.5) is 0 Å². The first kappa shape index (κ1) is 22.6. The molecule has 4 heteroatoms. The zero-order chi connectivity index (χ0) is 20.0. The lowest BCUT2D eigenvalue weighted by Crippen LogP contribution is -2.15. The highest BCUT2D eigenvalue weighted by atomic mass is 35.5. The molecule has 0 saturated carbocycles. The Balaban J connectivity index is 1.86. The molecule has 0 aromatic heterocycles. The summed E-state index contributed by atoms with van der Waals surface area (Å²) in [6.07, 6.45) is 7.82. The summed E-state index contributed by atoms with van der Waals surface area (Å²) in [6, 6.07) is 14.0. The van der Waals surface area contributed by atoms with Gasteiger partial charge in [-0.3, -0.25) is 0 Å². The van der Waals surface area contributed by atoms with E-state index in [0.29, 0.717) is 24.0 Å². The summed E-state index contributed by atoms with van der Waals surface area (Å²) in [5.41, 5.74) is 2.16. The van der Waals surface area contributed by atoms with E-state index in [1.165, 1.54) is 38.5 Å². The third-order valence-corrected chi connectivity index (χ3v) is 5.02. The standard InChI is InChI=1S/C24H34ClNO2/c1-3-5-6-7-8-12-15-26-18-21-16-23(27-4-2)24(17-22(21)25)28-19-20-13-10-9-11-14-20/h9-11,13-14,16-17,26H,3-8,12,15,18-19H2,1-2H3. The lowest BCUT2D eigenvalue weighted by molar-refractivity contribution is 0.269. The molecule has 2 rings (SSSR count). The van der Waals surface area contributed by atoms with Crippen molar-refractivity contribution in [3.8, 4) is 11.5 Å². The lowest BCUT2D eigenvalue weighted by Gasteiger charge is -2.15. The monoisotopic (exact) mass is 403 g/mol. The van der Waals surface area contributed by atoms with Crippen molar-refractivity contribution in [3.63, 3.8) is 0 Å². The average Bonchev–Trinajstić information content (AvgIpc) is 2.71. The Morgan fingerprint density at radius 1 is 0.857 bits per heavy atom. The molecule has 0 aliphatic carbocycles. The number of hydrogen-bond acceptors (Lipinski definition) is 3. The number of ether oxygens (including phenoxy) is 2. The SMILES string of the molecule is CCCCCCCCNCc1cc(OCC)c(OCc2ccccc2)cc1Cl. The van der Waals surface area contributed by atoms with Gasteiger partial charge in [0.05, 0.1) is 6.61 Å². The summed E-state index contributed by atoms with van der Waals surface area (Å²) in [5.74, 6) is 1.44. The maximum atomic E-state index is 6.51. The molecule has 0 saturated heterocycles. The zero-order valence-electron chi connectivity index (χ0n) is 17.3. The van der Waals surface area contributed by atoms with Crippen LogP contribution in [0, 0.1) is 0 Å². The maximum Gasteiger partial charge on any atom is 0.163 e. The van der Waals surface area contributed by atoms with E-state index in [2.05, 4.69) is 12.2 Å². The Morgan fingerprint density at radius 2 is 1.57 bits per heavy atom. The smallest absolute Gasteiger partial charge is 0.163 e. The fourth-order valence-corrected chi connectivity index (χ4v) is 3.30. The van der Waals surface area contributed by atoms with Gasteiger partial charge < -0.3 is 14.8 Å². The van der Waals surface area contributed by atoms with Crippen molar-refractivity contribution in [1.82, 2.24) is 5.32 Å². The number of unbranched alkanes of at least 4 members (excludes halogenated alkanes) is 5. The predicted octanol–water partition coefficient (Wildman–Crippen LogP) is 6.77. The lowest BCUT2D eigenvalue weighted by atomic mass is 10.1. The molecule has 0 aliphatic rings. The van der Waals surface area contributed by atoms with Gasteiger partial charge in [0.25, 0.3) is 0 Å². The highest BCUT2D eigenvalue weighted by molar-refractivity contribution is 6.31. The Bertz CT molecular complexity index is 676. The van der Waals surface area contributed by atoms with E-state index in [1.54, 1.807) is 0 Å². The average molecular weight is 404 g/mol. The van der Waals surface area contributed by atoms with Crippen LogP contribution in [0.2, 0.25) is 5.02 Å². The minimum atomic E-state index is 0.493. The summed E-state index contributed by atoms with van der Waals surface area (Å²) in [4.78, 5) is 0. The fourth-order valence-electron chi connectivity index (χ4n) is 3.08. The van der Waals surface area contributed by atoms with Crippen LogP contribution in [0.15, 0.2) is 42.5 Å². The second-order valence-corrected chi connectivity index (χ2v) is 7.45. The molecule has 0 fully saturated rings. The topological polar surface area (TPSA) is 30.5 Å². The first-order chi connectivity index (χ1) is 13.7. The number of nitrogens with one attached hydrogen (secondary N) is 1. The van der Waals surface area contributed by atoms with E-state index in [4.69, 9.17) is 21.1 Å².